The molecule has 0 aliphatic rings. The minimum atomic E-state index is 0.251. The number of nitrogens with two attached hydrogens (primary N) is 1. The maximum atomic E-state index is 6.04. The molecule has 0 aromatic carbocycles. The molecular formula is C13H24N4. The zero-order valence-electron chi connectivity index (χ0n) is 11.6. The fourth-order valence-electron chi connectivity index (χ4n) is 1.68. The molecule has 0 aliphatic carbocycles. The van der Waals surface area contributed by atoms with Gasteiger partial charge in [0.1, 0.15) is 11.6 Å². The van der Waals surface area contributed by atoms with E-state index >= 15 is 0 Å². The summed E-state index contributed by atoms with van der Waals surface area (Å²) in [6.07, 6.45) is 0.982. The summed E-state index contributed by atoms with van der Waals surface area (Å²) in [5.74, 6) is 2.32. The van der Waals surface area contributed by atoms with Crippen LogP contribution in [0.4, 0.5) is 5.82 Å². The van der Waals surface area contributed by atoms with E-state index in [-0.39, 0.29) is 6.04 Å². The lowest BCUT2D eigenvalue weighted by Crippen LogP contribution is -2.32. The van der Waals surface area contributed by atoms with Crippen molar-refractivity contribution < 1.29 is 0 Å². The molecule has 1 aromatic heterocycles. The maximum absolute atomic E-state index is 6.04. The summed E-state index contributed by atoms with van der Waals surface area (Å²) >= 11 is 0. The lowest BCUT2D eigenvalue weighted by Gasteiger charge is -2.22. The van der Waals surface area contributed by atoms with E-state index in [2.05, 4.69) is 28.7 Å². The molecule has 0 spiro atoms. The highest BCUT2D eigenvalue weighted by Crippen LogP contribution is 2.12. The van der Waals surface area contributed by atoms with Crippen LogP contribution in [0.3, 0.4) is 0 Å². The summed E-state index contributed by atoms with van der Waals surface area (Å²) in [5.41, 5.74) is 7.05. The second-order valence-electron chi connectivity index (χ2n) is 5.03. The molecule has 0 bridgehead atoms. The second kappa shape index (κ2) is 5.96. The molecule has 1 unspecified atom stereocenters. The van der Waals surface area contributed by atoms with Crippen molar-refractivity contribution in [2.45, 2.75) is 40.2 Å². The Kier molecular flexibility index (Phi) is 4.87. The molecule has 0 amide bonds. The normalized spacial score (nSPS) is 12.9. The highest BCUT2D eigenvalue weighted by molar-refractivity contribution is 5.38. The van der Waals surface area contributed by atoms with Crippen LogP contribution in [-0.4, -0.2) is 29.6 Å². The van der Waals surface area contributed by atoms with Gasteiger partial charge in [-0.05, 0) is 26.2 Å². The molecule has 96 valence electrons. The molecule has 4 heteroatoms. The first kappa shape index (κ1) is 13.9. The first-order valence-electron chi connectivity index (χ1n) is 6.19. The minimum absolute atomic E-state index is 0.251. The largest absolute Gasteiger partial charge is 0.360 e. The van der Waals surface area contributed by atoms with Gasteiger partial charge >= 0.3 is 0 Å². The van der Waals surface area contributed by atoms with Crippen LogP contribution in [0.2, 0.25) is 0 Å². The predicted molar refractivity (Wildman–Crippen MR) is 72.2 cm³/mol. The number of hydrogen-bond donors (Lipinski definition) is 1. The van der Waals surface area contributed by atoms with Gasteiger partial charge < -0.3 is 10.6 Å². The van der Waals surface area contributed by atoms with Gasteiger partial charge in [-0.25, -0.2) is 9.97 Å². The smallest absolute Gasteiger partial charge is 0.132 e. The lowest BCUT2D eigenvalue weighted by atomic mass is 10.0. The predicted octanol–water partition coefficient (Wildman–Crippen LogP) is 1.90. The average Bonchev–Trinajstić information content (AvgIpc) is 2.23. The van der Waals surface area contributed by atoms with Crippen molar-refractivity contribution in [3.8, 4) is 0 Å². The fraction of sp³-hybridized carbons (Fsp3) is 0.692. The molecule has 1 aromatic rings. The third-order valence-electron chi connectivity index (χ3n) is 3.00. The van der Waals surface area contributed by atoms with Gasteiger partial charge in [0, 0.05) is 31.4 Å². The van der Waals surface area contributed by atoms with Crippen LogP contribution >= 0.6 is 0 Å². The fourth-order valence-corrected chi connectivity index (χ4v) is 1.68. The van der Waals surface area contributed by atoms with E-state index in [0.29, 0.717) is 5.92 Å². The van der Waals surface area contributed by atoms with E-state index in [0.717, 1.165) is 30.3 Å². The minimum Gasteiger partial charge on any atom is -0.360 e. The van der Waals surface area contributed by atoms with Crippen LogP contribution in [0.5, 0.6) is 0 Å². The summed E-state index contributed by atoms with van der Waals surface area (Å²) in [7, 11) is 2.05. The molecule has 0 radical (unpaired) electrons. The Labute approximate surface area is 104 Å². The van der Waals surface area contributed by atoms with Crippen molar-refractivity contribution in [2.75, 3.05) is 18.5 Å². The lowest BCUT2D eigenvalue weighted by molar-refractivity contribution is 0.465. The van der Waals surface area contributed by atoms with E-state index in [1.807, 2.05) is 27.0 Å². The quantitative estimate of drug-likeness (QED) is 0.848. The summed E-state index contributed by atoms with van der Waals surface area (Å²) in [4.78, 5) is 10.9. The topological polar surface area (TPSA) is 55.0 Å². The molecular weight excluding hydrogens is 212 g/mol. The van der Waals surface area contributed by atoms with E-state index in [1.165, 1.54) is 0 Å². The highest BCUT2D eigenvalue weighted by Gasteiger charge is 2.10. The van der Waals surface area contributed by atoms with Gasteiger partial charge in [0.2, 0.25) is 0 Å². The molecule has 0 saturated carbocycles. The van der Waals surface area contributed by atoms with Crippen molar-refractivity contribution in [1.29, 1.82) is 0 Å². The summed E-state index contributed by atoms with van der Waals surface area (Å²) < 4.78 is 0. The number of anilines is 1. The molecule has 0 fully saturated rings. The third-order valence-corrected chi connectivity index (χ3v) is 3.00. The Balaban J connectivity index is 2.60. The summed E-state index contributed by atoms with van der Waals surface area (Å²) in [5, 5.41) is 0. The maximum Gasteiger partial charge on any atom is 0.132 e. The van der Waals surface area contributed by atoms with Crippen molar-refractivity contribution in [3.63, 3.8) is 0 Å². The molecule has 1 atom stereocenters. The van der Waals surface area contributed by atoms with Crippen molar-refractivity contribution in [2.24, 2.45) is 11.7 Å². The Morgan fingerprint density at radius 3 is 2.47 bits per heavy atom. The monoisotopic (exact) mass is 236 g/mol. The molecule has 0 aliphatic heterocycles. The SMILES string of the molecule is Cc1cc(N(C)CCC(N)C(C)C)nc(C)n1. The van der Waals surface area contributed by atoms with E-state index in [9.17, 15) is 0 Å². The van der Waals surface area contributed by atoms with Gasteiger partial charge in [-0.3, -0.25) is 0 Å². The average molecular weight is 236 g/mol. The van der Waals surface area contributed by atoms with Crippen LogP contribution < -0.4 is 10.6 Å². The van der Waals surface area contributed by atoms with E-state index in [1.54, 1.807) is 0 Å². The van der Waals surface area contributed by atoms with Gasteiger partial charge in [0.15, 0.2) is 0 Å². The van der Waals surface area contributed by atoms with Crippen LogP contribution in [0.15, 0.2) is 6.07 Å². The first-order valence-corrected chi connectivity index (χ1v) is 6.19. The molecule has 4 nitrogen and oxygen atoms in total. The van der Waals surface area contributed by atoms with E-state index < -0.39 is 0 Å². The Morgan fingerprint density at radius 2 is 1.94 bits per heavy atom. The van der Waals surface area contributed by atoms with Crippen LogP contribution in [0, 0.1) is 19.8 Å². The van der Waals surface area contributed by atoms with Gasteiger partial charge in [-0.1, -0.05) is 13.8 Å². The van der Waals surface area contributed by atoms with Crippen molar-refractivity contribution >= 4 is 5.82 Å². The Morgan fingerprint density at radius 1 is 1.29 bits per heavy atom. The number of hydrogen-bond acceptors (Lipinski definition) is 4. The second-order valence-corrected chi connectivity index (χ2v) is 5.03. The Hall–Kier alpha value is -1.16. The number of aryl methyl sites for hydroxylation is 2. The van der Waals surface area contributed by atoms with Gasteiger partial charge in [0.05, 0.1) is 0 Å². The van der Waals surface area contributed by atoms with Crippen molar-refractivity contribution in [1.82, 2.24) is 9.97 Å². The standard InChI is InChI=1S/C13H24N4/c1-9(2)12(14)6-7-17(5)13-8-10(3)15-11(4)16-13/h8-9,12H,6-7,14H2,1-5H3. The molecule has 0 saturated heterocycles. The zero-order valence-corrected chi connectivity index (χ0v) is 11.6. The number of rotatable bonds is 5. The molecule has 17 heavy (non-hydrogen) atoms. The molecule has 1 heterocycles. The van der Waals surface area contributed by atoms with Gasteiger partial charge in [0.25, 0.3) is 0 Å². The first-order chi connectivity index (χ1) is 7.90. The van der Waals surface area contributed by atoms with Crippen LogP contribution in [0.1, 0.15) is 31.8 Å². The van der Waals surface area contributed by atoms with E-state index in [4.69, 9.17) is 5.73 Å². The van der Waals surface area contributed by atoms with Crippen LogP contribution in [-0.2, 0) is 0 Å². The Bertz CT molecular complexity index is 342. The van der Waals surface area contributed by atoms with Crippen LogP contribution in [0.25, 0.3) is 0 Å². The summed E-state index contributed by atoms with van der Waals surface area (Å²) in [6.45, 7) is 9.15. The number of nitrogens with zero attached hydrogens (tertiary/aromatic N) is 3. The molecule has 2 N–H and O–H groups in total. The third kappa shape index (κ3) is 4.30. The number of aromatic nitrogens is 2. The van der Waals surface area contributed by atoms with Crippen molar-refractivity contribution in [3.05, 3.63) is 17.6 Å². The molecule has 1 rings (SSSR count). The summed E-state index contributed by atoms with van der Waals surface area (Å²) in [6, 6.07) is 2.26. The zero-order chi connectivity index (χ0) is 13.0. The van der Waals surface area contributed by atoms with Gasteiger partial charge in [-0.2, -0.15) is 0 Å². The van der Waals surface area contributed by atoms with Gasteiger partial charge in [-0.15, -0.1) is 0 Å². The highest BCUT2D eigenvalue weighted by atomic mass is 15.2.